The van der Waals surface area contributed by atoms with Gasteiger partial charge in [-0.05, 0) is 19.3 Å². The van der Waals surface area contributed by atoms with Crippen LogP contribution in [0.5, 0.6) is 0 Å². The molecule has 2 aliphatic rings. The molecule has 2 fully saturated rings. The molecule has 0 amide bonds. The van der Waals surface area contributed by atoms with Crippen molar-refractivity contribution in [1.82, 2.24) is 9.78 Å². The van der Waals surface area contributed by atoms with Gasteiger partial charge in [0.25, 0.3) is 0 Å². The molecule has 1 aliphatic heterocycles. The lowest BCUT2D eigenvalue weighted by molar-refractivity contribution is 0.112. The van der Waals surface area contributed by atoms with Crippen molar-refractivity contribution in [2.45, 2.75) is 56.9 Å². The van der Waals surface area contributed by atoms with Gasteiger partial charge in [0.1, 0.15) is 0 Å². The van der Waals surface area contributed by atoms with E-state index in [1.165, 1.54) is 38.5 Å². The van der Waals surface area contributed by atoms with Crippen LogP contribution in [0.15, 0.2) is 6.20 Å². The Bertz CT molecular complexity index is 427. The Kier molecular flexibility index (Phi) is 3.97. The smallest absolute Gasteiger partial charge is 0.153 e. The first-order valence-electron chi connectivity index (χ1n) is 7.50. The van der Waals surface area contributed by atoms with Gasteiger partial charge in [-0.2, -0.15) is 5.10 Å². The van der Waals surface area contributed by atoms with Gasteiger partial charge >= 0.3 is 0 Å². The van der Waals surface area contributed by atoms with Crippen LogP contribution >= 0.6 is 0 Å². The number of nitrogens with zero attached hydrogens (tertiary/aromatic N) is 2. The summed E-state index contributed by atoms with van der Waals surface area (Å²) in [7, 11) is 0. The summed E-state index contributed by atoms with van der Waals surface area (Å²) in [5.74, 6) is 0.312. The lowest BCUT2D eigenvalue weighted by Crippen LogP contribution is -2.10. The van der Waals surface area contributed by atoms with Crippen LogP contribution in [0.3, 0.4) is 0 Å². The van der Waals surface area contributed by atoms with E-state index in [0.29, 0.717) is 18.6 Å². The summed E-state index contributed by atoms with van der Waals surface area (Å²) >= 11 is 0. The lowest BCUT2D eigenvalue weighted by Gasteiger charge is -2.14. The van der Waals surface area contributed by atoms with Crippen molar-refractivity contribution < 1.29 is 9.53 Å². The molecule has 0 aromatic carbocycles. The minimum Gasteiger partial charge on any atom is -0.381 e. The number of carbonyl (C=O) groups excluding carboxylic acids is 1. The first kappa shape index (κ1) is 12.9. The third kappa shape index (κ3) is 2.73. The Labute approximate surface area is 114 Å². The number of aldehydes is 1. The number of aromatic nitrogens is 2. The average molecular weight is 262 g/mol. The molecular formula is C15H22N2O2. The van der Waals surface area contributed by atoms with Crippen LogP contribution in [-0.4, -0.2) is 29.3 Å². The van der Waals surface area contributed by atoms with Gasteiger partial charge in [0, 0.05) is 18.7 Å². The fraction of sp³-hybridized carbons (Fsp3) is 0.733. The predicted molar refractivity (Wildman–Crippen MR) is 72.5 cm³/mol. The summed E-state index contributed by atoms with van der Waals surface area (Å²) in [6.45, 7) is 1.50. The minimum absolute atomic E-state index is 0.312. The average Bonchev–Trinajstić information content (AvgIpc) is 3.02. The number of carbonyl (C=O) groups is 1. The molecule has 19 heavy (non-hydrogen) atoms. The Morgan fingerprint density at radius 3 is 2.63 bits per heavy atom. The standard InChI is InChI=1S/C15H22N2O2/c18-10-13-9-17(14-5-3-1-2-4-6-14)16-15(13)12-7-8-19-11-12/h9-10,12,14H,1-8,11H2. The molecule has 0 radical (unpaired) electrons. The molecule has 0 bridgehead atoms. The van der Waals surface area contributed by atoms with Gasteiger partial charge in [-0.25, -0.2) is 0 Å². The molecule has 3 rings (SSSR count). The molecule has 1 aromatic heterocycles. The van der Waals surface area contributed by atoms with Crippen molar-refractivity contribution in [3.63, 3.8) is 0 Å². The van der Waals surface area contributed by atoms with E-state index in [9.17, 15) is 4.79 Å². The highest BCUT2D eigenvalue weighted by Crippen LogP contribution is 2.30. The van der Waals surface area contributed by atoms with E-state index in [2.05, 4.69) is 4.68 Å². The van der Waals surface area contributed by atoms with Crippen LogP contribution in [0.4, 0.5) is 0 Å². The van der Waals surface area contributed by atoms with Crippen molar-refractivity contribution >= 4 is 6.29 Å². The summed E-state index contributed by atoms with van der Waals surface area (Å²) in [5.41, 5.74) is 1.72. The quantitative estimate of drug-likeness (QED) is 0.621. The predicted octanol–water partition coefficient (Wildman–Crippen LogP) is 3.09. The molecule has 1 unspecified atom stereocenters. The first-order valence-corrected chi connectivity index (χ1v) is 7.50. The Balaban J connectivity index is 1.83. The molecular weight excluding hydrogens is 240 g/mol. The second kappa shape index (κ2) is 5.87. The van der Waals surface area contributed by atoms with E-state index in [4.69, 9.17) is 9.84 Å². The molecule has 104 valence electrons. The molecule has 1 saturated heterocycles. The monoisotopic (exact) mass is 262 g/mol. The zero-order valence-corrected chi connectivity index (χ0v) is 11.4. The van der Waals surface area contributed by atoms with E-state index < -0.39 is 0 Å². The van der Waals surface area contributed by atoms with E-state index in [1.54, 1.807) is 0 Å². The molecule has 1 atom stereocenters. The van der Waals surface area contributed by atoms with E-state index in [1.807, 2.05) is 6.20 Å². The first-order chi connectivity index (χ1) is 9.38. The topological polar surface area (TPSA) is 44.1 Å². The number of rotatable bonds is 3. The fourth-order valence-electron chi connectivity index (χ4n) is 3.29. The minimum atomic E-state index is 0.312. The molecule has 0 N–H and O–H groups in total. The largest absolute Gasteiger partial charge is 0.381 e. The molecule has 1 aliphatic carbocycles. The van der Waals surface area contributed by atoms with Crippen molar-refractivity contribution in [1.29, 1.82) is 0 Å². The highest BCUT2D eigenvalue weighted by Gasteiger charge is 2.25. The van der Waals surface area contributed by atoms with Crippen molar-refractivity contribution in [2.75, 3.05) is 13.2 Å². The highest BCUT2D eigenvalue weighted by atomic mass is 16.5. The molecule has 2 heterocycles. The van der Waals surface area contributed by atoms with Crippen LogP contribution in [0.1, 0.15) is 73.0 Å². The lowest BCUT2D eigenvalue weighted by atomic mass is 10.0. The Morgan fingerprint density at radius 1 is 1.21 bits per heavy atom. The molecule has 0 spiro atoms. The van der Waals surface area contributed by atoms with Gasteiger partial charge in [0.05, 0.1) is 23.9 Å². The summed E-state index contributed by atoms with van der Waals surface area (Å²) in [4.78, 5) is 11.3. The van der Waals surface area contributed by atoms with Crippen molar-refractivity contribution in [3.05, 3.63) is 17.5 Å². The van der Waals surface area contributed by atoms with Crippen molar-refractivity contribution in [3.8, 4) is 0 Å². The second-order valence-corrected chi connectivity index (χ2v) is 5.77. The van der Waals surface area contributed by atoms with Crippen LogP contribution in [0.2, 0.25) is 0 Å². The van der Waals surface area contributed by atoms with Gasteiger partial charge in [-0.1, -0.05) is 25.7 Å². The summed E-state index contributed by atoms with van der Waals surface area (Å²) in [6, 6.07) is 0.484. The Hall–Kier alpha value is -1.16. The maximum atomic E-state index is 11.3. The van der Waals surface area contributed by atoms with E-state index in [-0.39, 0.29) is 0 Å². The Morgan fingerprint density at radius 2 is 2.00 bits per heavy atom. The van der Waals surface area contributed by atoms with Crippen LogP contribution in [0.25, 0.3) is 0 Å². The zero-order valence-electron chi connectivity index (χ0n) is 11.4. The van der Waals surface area contributed by atoms with E-state index >= 15 is 0 Å². The van der Waals surface area contributed by atoms with Gasteiger partial charge < -0.3 is 4.74 Å². The van der Waals surface area contributed by atoms with Crippen LogP contribution < -0.4 is 0 Å². The SMILES string of the molecule is O=Cc1cn(C2CCCCCC2)nc1C1CCOC1. The number of ether oxygens (including phenoxy) is 1. The summed E-state index contributed by atoms with van der Waals surface area (Å²) < 4.78 is 7.48. The third-order valence-corrected chi connectivity index (χ3v) is 4.43. The third-order valence-electron chi connectivity index (χ3n) is 4.43. The molecule has 4 heteroatoms. The normalized spacial score (nSPS) is 25.4. The molecule has 4 nitrogen and oxygen atoms in total. The molecule has 1 saturated carbocycles. The van der Waals surface area contributed by atoms with E-state index in [0.717, 1.165) is 30.6 Å². The van der Waals surface area contributed by atoms with Crippen LogP contribution in [-0.2, 0) is 4.74 Å². The molecule has 1 aromatic rings. The van der Waals surface area contributed by atoms with Gasteiger partial charge in [0.15, 0.2) is 6.29 Å². The van der Waals surface area contributed by atoms with Crippen LogP contribution in [0, 0.1) is 0 Å². The maximum Gasteiger partial charge on any atom is 0.153 e. The highest BCUT2D eigenvalue weighted by molar-refractivity contribution is 5.76. The van der Waals surface area contributed by atoms with Gasteiger partial charge in [0.2, 0.25) is 0 Å². The summed E-state index contributed by atoms with van der Waals surface area (Å²) in [6.07, 6.45) is 11.5. The summed E-state index contributed by atoms with van der Waals surface area (Å²) in [5, 5.41) is 4.73. The number of hydrogen-bond donors (Lipinski definition) is 0. The van der Waals surface area contributed by atoms with Gasteiger partial charge in [-0.3, -0.25) is 9.48 Å². The maximum absolute atomic E-state index is 11.3. The second-order valence-electron chi connectivity index (χ2n) is 5.77. The number of hydrogen-bond acceptors (Lipinski definition) is 3. The fourth-order valence-corrected chi connectivity index (χ4v) is 3.29. The van der Waals surface area contributed by atoms with Crippen molar-refractivity contribution in [2.24, 2.45) is 0 Å². The van der Waals surface area contributed by atoms with Gasteiger partial charge in [-0.15, -0.1) is 0 Å². The zero-order chi connectivity index (χ0) is 13.1.